The highest BCUT2D eigenvalue weighted by Crippen LogP contribution is 2.21. The van der Waals surface area contributed by atoms with Crippen molar-refractivity contribution in [2.24, 2.45) is 0 Å². The lowest BCUT2D eigenvalue weighted by Crippen LogP contribution is -2.30. The van der Waals surface area contributed by atoms with E-state index in [4.69, 9.17) is 11.6 Å². The van der Waals surface area contributed by atoms with Crippen LogP contribution in [0.4, 0.5) is 0 Å². The molecule has 124 valence electrons. The number of carbonyl (C=O) groups is 1. The maximum absolute atomic E-state index is 12.5. The van der Waals surface area contributed by atoms with Gasteiger partial charge in [0.2, 0.25) is 0 Å². The number of aryl methyl sites for hydroxylation is 2. The van der Waals surface area contributed by atoms with Gasteiger partial charge in [0.25, 0.3) is 5.91 Å². The first-order chi connectivity index (χ1) is 11.6. The van der Waals surface area contributed by atoms with Crippen molar-refractivity contribution >= 4 is 17.5 Å². The van der Waals surface area contributed by atoms with Crippen LogP contribution in [0, 0.1) is 6.92 Å². The zero-order valence-electron chi connectivity index (χ0n) is 13.1. The van der Waals surface area contributed by atoms with Crippen molar-refractivity contribution in [3.63, 3.8) is 0 Å². The first-order valence-corrected chi connectivity index (χ1v) is 7.91. The molecule has 3 rings (SSSR count). The van der Waals surface area contributed by atoms with Gasteiger partial charge in [-0.2, -0.15) is 10.2 Å². The summed E-state index contributed by atoms with van der Waals surface area (Å²) in [5.41, 5.74) is 1.88. The molecule has 8 heteroatoms. The standard InChI is InChI=1S/C16H17ClN6O/c1-11-14(17)15(22-21-11)16(24)20-13(12-5-3-2-4-6-12)7-8-23-10-18-9-19-23/h2-6,9-10,13H,7-8H2,1H3,(H,20,24)(H,21,22). The van der Waals surface area contributed by atoms with Crippen molar-refractivity contribution < 1.29 is 4.79 Å². The van der Waals surface area contributed by atoms with Crippen LogP contribution in [0.25, 0.3) is 0 Å². The van der Waals surface area contributed by atoms with Gasteiger partial charge in [0, 0.05) is 6.54 Å². The summed E-state index contributed by atoms with van der Waals surface area (Å²) in [6.07, 6.45) is 3.81. The lowest BCUT2D eigenvalue weighted by atomic mass is 10.0. The number of benzene rings is 1. The summed E-state index contributed by atoms with van der Waals surface area (Å²) in [5.74, 6) is -0.309. The average molecular weight is 345 g/mol. The molecule has 2 heterocycles. The zero-order valence-corrected chi connectivity index (χ0v) is 13.9. The van der Waals surface area contributed by atoms with E-state index in [1.54, 1.807) is 17.9 Å². The lowest BCUT2D eigenvalue weighted by molar-refractivity contribution is 0.0928. The number of carbonyl (C=O) groups excluding carboxylic acids is 1. The number of rotatable bonds is 6. The third-order valence-electron chi connectivity index (χ3n) is 3.71. The molecule has 24 heavy (non-hydrogen) atoms. The summed E-state index contributed by atoms with van der Waals surface area (Å²) in [6, 6.07) is 9.59. The Hall–Kier alpha value is -2.67. The molecule has 3 aromatic rings. The van der Waals surface area contributed by atoms with E-state index < -0.39 is 0 Å². The fourth-order valence-corrected chi connectivity index (χ4v) is 2.58. The van der Waals surface area contributed by atoms with Gasteiger partial charge in [-0.25, -0.2) is 4.98 Å². The molecule has 0 saturated carbocycles. The Morgan fingerprint density at radius 2 is 2.17 bits per heavy atom. The Labute approximate surface area is 144 Å². The number of aromatic nitrogens is 5. The maximum atomic E-state index is 12.5. The van der Waals surface area contributed by atoms with Crippen LogP contribution < -0.4 is 5.32 Å². The van der Waals surface area contributed by atoms with Crippen molar-refractivity contribution in [2.45, 2.75) is 25.9 Å². The largest absolute Gasteiger partial charge is 0.344 e. The van der Waals surface area contributed by atoms with E-state index in [-0.39, 0.29) is 17.6 Å². The molecule has 0 fully saturated rings. The van der Waals surface area contributed by atoms with E-state index in [0.29, 0.717) is 23.7 Å². The second-order valence-corrected chi connectivity index (χ2v) is 5.77. The molecular weight excluding hydrogens is 328 g/mol. The number of hydrogen-bond donors (Lipinski definition) is 2. The number of H-pyrrole nitrogens is 1. The minimum absolute atomic E-state index is 0.184. The second kappa shape index (κ2) is 7.27. The highest BCUT2D eigenvalue weighted by molar-refractivity contribution is 6.34. The Kier molecular flexibility index (Phi) is 4.90. The fraction of sp³-hybridized carbons (Fsp3) is 0.250. The summed E-state index contributed by atoms with van der Waals surface area (Å²) in [5, 5.41) is 14.1. The molecule has 1 unspecified atom stereocenters. The lowest BCUT2D eigenvalue weighted by Gasteiger charge is -2.18. The molecule has 0 aliphatic heterocycles. The first kappa shape index (κ1) is 16.2. The zero-order chi connectivity index (χ0) is 16.9. The van der Waals surface area contributed by atoms with E-state index in [1.807, 2.05) is 30.3 Å². The highest BCUT2D eigenvalue weighted by atomic mass is 35.5. The molecule has 2 N–H and O–H groups in total. The smallest absolute Gasteiger partial charge is 0.273 e. The topological polar surface area (TPSA) is 88.5 Å². The quantitative estimate of drug-likeness (QED) is 0.719. The monoisotopic (exact) mass is 344 g/mol. The summed E-state index contributed by atoms with van der Waals surface area (Å²) in [6.45, 7) is 2.40. The van der Waals surface area contributed by atoms with Gasteiger partial charge in [0.15, 0.2) is 5.69 Å². The number of amides is 1. The van der Waals surface area contributed by atoms with Gasteiger partial charge in [0.05, 0.1) is 16.8 Å². The van der Waals surface area contributed by atoms with Crippen LogP contribution in [0.15, 0.2) is 43.0 Å². The van der Waals surface area contributed by atoms with Gasteiger partial charge >= 0.3 is 0 Å². The Morgan fingerprint density at radius 3 is 2.79 bits per heavy atom. The normalized spacial score (nSPS) is 12.1. The second-order valence-electron chi connectivity index (χ2n) is 5.40. The number of halogens is 1. The third-order valence-corrected chi connectivity index (χ3v) is 4.17. The molecule has 0 aliphatic carbocycles. The summed E-state index contributed by atoms with van der Waals surface area (Å²) < 4.78 is 1.73. The van der Waals surface area contributed by atoms with Gasteiger partial charge in [-0.3, -0.25) is 14.6 Å². The molecule has 0 radical (unpaired) electrons. The molecule has 1 aromatic carbocycles. The maximum Gasteiger partial charge on any atom is 0.273 e. The average Bonchev–Trinajstić information content (AvgIpc) is 3.23. The molecular formula is C16H17ClN6O. The van der Waals surface area contributed by atoms with Crippen LogP contribution in [-0.2, 0) is 6.54 Å². The number of nitrogens with one attached hydrogen (secondary N) is 2. The van der Waals surface area contributed by atoms with Crippen LogP contribution in [0.3, 0.4) is 0 Å². The van der Waals surface area contributed by atoms with Crippen molar-refractivity contribution in [1.29, 1.82) is 0 Å². The number of aromatic amines is 1. The van der Waals surface area contributed by atoms with Crippen molar-refractivity contribution in [3.8, 4) is 0 Å². The van der Waals surface area contributed by atoms with Crippen molar-refractivity contribution in [3.05, 3.63) is 65.0 Å². The minimum Gasteiger partial charge on any atom is -0.344 e. The van der Waals surface area contributed by atoms with Crippen LogP contribution in [0.1, 0.15) is 34.2 Å². The molecule has 7 nitrogen and oxygen atoms in total. The molecule has 1 amide bonds. The number of hydrogen-bond acceptors (Lipinski definition) is 4. The van der Waals surface area contributed by atoms with Crippen LogP contribution in [-0.4, -0.2) is 30.9 Å². The Balaban J connectivity index is 1.76. The van der Waals surface area contributed by atoms with Gasteiger partial charge < -0.3 is 5.32 Å². The van der Waals surface area contributed by atoms with Crippen LogP contribution in [0.2, 0.25) is 5.02 Å². The van der Waals surface area contributed by atoms with Gasteiger partial charge in [-0.05, 0) is 18.9 Å². The van der Waals surface area contributed by atoms with E-state index in [2.05, 4.69) is 25.6 Å². The van der Waals surface area contributed by atoms with Gasteiger partial charge in [-0.1, -0.05) is 41.9 Å². The van der Waals surface area contributed by atoms with E-state index in [0.717, 1.165) is 5.56 Å². The van der Waals surface area contributed by atoms with Crippen molar-refractivity contribution in [1.82, 2.24) is 30.3 Å². The molecule has 0 saturated heterocycles. The third kappa shape index (κ3) is 3.62. The molecule has 0 bridgehead atoms. The predicted molar refractivity (Wildman–Crippen MR) is 89.6 cm³/mol. The Morgan fingerprint density at radius 1 is 1.38 bits per heavy atom. The SMILES string of the molecule is Cc1[nH]nc(C(=O)NC(CCn2cncn2)c2ccccc2)c1Cl. The van der Waals surface area contributed by atoms with Gasteiger partial charge in [0.1, 0.15) is 12.7 Å². The van der Waals surface area contributed by atoms with E-state index in [1.165, 1.54) is 6.33 Å². The summed E-state index contributed by atoms with van der Waals surface area (Å²) in [7, 11) is 0. The van der Waals surface area contributed by atoms with Gasteiger partial charge in [-0.15, -0.1) is 0 Å². The van der Waals surface area contributed by atoms with Crippen molar-refractivity contribution in [2.75, 3.05) is 0 Å². The molecule has 0 aliphatic rings. The van der Waals surface area contributed by atoms with Crippen LogP contribution in [0.5, 0.6) is 0 Å². The predicted octanol–water partition coefficient (Wildman–Crippen LogP) is 2.52. The van der Waals surface area contributed by atoms with E-state index in [9.17, 15) is 4.79 Å². The van der Waals surface area contributed by atoms with E-state index >= 15 is 0 Å². The first-order valence-electron chi connectivity index (χ1n) is 7.54. The molecule has 1 atom stereocenters. The summed E-state index contributed by atoms with van der Waals surface area (Å²) >= 11 is 6.11. The number of nitrogens with zero attached hydrogens (tertiary/aromatic N) is 4. The molecule has 0 spiro atoms. The fourth-order valence-electron chi connectivity index (χ4n) is 2.41. The Bertz CT molecular complexity index is 799. The minimum atomic E-state index is -0.309. The summed E-state index contributed by atoms with van der Waals surface area (Å²) in [4.78, 5) is 16.4. The van der Waals surface area contributed by atoms with Crippen LogP contribution >= 0.6 is 11.6 Å². The molecule has 2 aromatic heterocycles. The highest BCUT2D eigenvalue weighted by Gasteiger charge is 2.20.